The van der Waals surface area contributed by atoms with Gasteiger partial charge in [-0.2, -0.15) is 0 Å². The largest absolute Gasteiger partial charge is 0.312 e. The molecule has 0 fully saturated rings. The van der Waals surface area contributed by atoms with Gasteiger partial charge in [-0.1, -0.05) is 30.3 Å². The van der Waals surface area contributed by atoms with Gasteiger partial charge in [-0.25, -0.2) is 0 Å². The molecule has 0 saturated heterocycles. The van der Waals surface area contributed by atoms with Crippen LogP contribution in [-0.4, -0.2) is 11.5 Å². The summed E-state index contributed by atoms with van der Waals surface area (Å²) >= 11 is 0. The Labute approximate surface area is 103 Å². The lowest BCUT2D eigenvalue weighted by Gasteiger charge is -2.07. The highest BCUT2D eigenvalue weighted by Gasteiger charge is 1.96. The van der Waals surface area contributed by atoms with Crippen molar-refractivity contribution in [2.75, 3.05) is 6.54 Å². The van der Waals surface area contributed by atoms with Gasteiger partial charge >= 0.3 is 0 Å². The van der Waals surface area contributed by atoms with Crippen LogP contribution in [0.25, 0.3) is 0 Å². The third kappa shape index (κ3) is 3.68. The van der Waals surface area contributed by atoms with E-state index in [-0.39, 0.29) is 0 Å². The Kier molecular flexibility index (Phi) is 4.28. The van der Waals surface area contributed by atoms with Crippen LogP contribution in [0.5, 0.6) is 0 Å². The quantitative estimate of drug-likeness (QED) is 0.793. The molecule has 1 aromatic carbocycles. The van der Waals surface area contributed by atoms with E-state index in [1.54, 1.807) is 0 Å². The molecule has 0 aliphatic rings. The number of hydrogen-bond acceptors (Lipinski definition) is 2. The fourth-order valence-electron chi connectivity index (χ4n) is 1.79. The maximum Gasteiger partial charge on any atom is 0.0416 e. The van der Waals surface area contributed by atoms with Crippen LogP contribution in [0.2, 0.25) is 0 Å². The van der Waals surface area contributed by atoms with Gasteiger partial charge in [0, 0.05) is 31.4 Å². The Morgan fingerprint density at radius 1 is 1.06 bits per heavy atom. The van der Waals surface area contributed by atoms with Crippen LogP contribution < -0.4 is 5.32 Å². The van der Waals surface area contributed by atoms with Crippen LogP contribution >= 0.6 is 0 Å². The van der Waals surface area contributed by atoms with Gasteiger partial charge < -0.3 is 5.32 Å². The van der Waals surface area contributed by atoms with E-state index in [2.05, 4.69) is 47.6 Å². The topological polar surface area (TPSA) is 24.9 Å². The summed E-state index contributed by atoms with van der Waals surface area (Å²) in [7, 11) is 0. The summed E-state index contributed by atoms with van der Waals surface area (Å²) in [6.07, 6.45) is 2.82. The number of aryl methyl sites for hydroxylation is 1. The van der Waals surface area contributed by atoms with Crippen molar-refractivity contribution in [3.8, 4) is 0 Å². The second-order valence-corrected chi connectivity index (χ2v) is 4.17. The van der Waals surface area contributed by atoms with Gasteiger partial charge in [0.25, 0.3) is 0 Å². The van der Waals surface area contributed by atoms with Gasteiger partial charge in [0.1, 0.15) is 0 Å². The number of benzene rings is 1. The Bertz CT molecular complexity index is 451. The van der Waals surface area contributed by atoms with E-state index in [9.17, 15) is 0 Å². The Morgan fingerprint density at radius 2 is 1.88 bits per heavy atom. The molecule has 0 atom stereocenters. The van der Waals surface area contributed by atoms with Crippen molar-refractivity contribution in [1.82, 2.24) is 10.3 Å². The molecular formula is C15H18N2. The van der Waals surface area contributed by atoms with Gasteiger partial charge in [-0.3, -0.25) is 4.98 Å². The first-order valence-electron chi connectivity index (χ1n) is 6.01. The highest BCUT2D eigenvalue weighted by Crippen LogP contribution is 2.05. The molecule has 2 aromatic rings. The fourth-order valence-corrected chi connectivity index (χ4v) is 1.79. The molecule has 17 heavy (non-hydrogen) atoms. The number of hydrogen-bond donors (Lipinski definition) is 1. The van der Waals surface area contributed by atoms with E-state index in [0.29, 0.717) is 0 Å². The molecule has 1 heterocycles. The first kappa shape index (κ1) is 11.8. The van der Waals surface area contributed by atoms with E-state index in [1.807, 2.05) is 18.3 Å². The SMILES string of the molecule is Cc1ccccc1CNCCc1ccccn1. The molecule has 0 saturated carbocycles. The predicted octanol–water partition coefficient (Wildman–Crippen LogP) is 2.72. The Hall–Kier alpha value is -1.67. The summed E-state index contributed by atoms with van der Waals surface area (Å²) in [5.74, 6) is 0. The highest BCUT2D eigenvalue weighted by molar-refractivity contribution is 5.25. The van der Waals surface area contributed by atoms with Gasteiger partial charge in [0.05, 0.1) is 0 Å². The number of pyridine rings is 1. The molecule has 1 aromatic heterocycles. The summed E-state index contributed by atoms with van der Waals surface area (Å²) in [6, 6.07) is 14.5. The summed E-state index contributed by atoms with van der Waals surface area (Å²) in [4.78, 5) is 4.30. The lowest BCUT2D eigenvalue weighted by Crippen LogP contribution is -2.17. The van der Waals surface area contributed by atoms with E-state index in [1.165, 1.54) is 11.1 Å². The summed E-state index contributed by atoms with van der Waals surface area (Å²) in [6.45, 7) is 4.04. The molecule has 2 heteroatoms. The summed E-state index contributed by atoms with van der Waals surface area (Å²) in [5, 5.41) is 3.45. The molecule has 0 aliphatic heterocycles. The number of nitrogens with zero attached hydrogens (tertiary/aromatic N) is 1. The molecule has 0 unspecified atom stereocenters. The van der Waals surface area contributed by atoms with Crippen molar-refractivity contribution in [2.45, 2.75) is 19.9 Å². The number of aromatic nitrogens is 1. The van der Waals surface area contributed by atoms with Gasteiger partial charge in [0.2, 0.25) is 0 Å². The molecule has 0 aliphatic carbocycles. The Balaban J connectivity index is 1.76. The Morgan fingerprint density at radius 3 is 2.65 bits per heavy atom. The van der Waals surface area contributed by atoms with Crippen LogP contribution in [0, 0.1) is 6.92 Å². The van der Waals surface area contributed by atoms with Crippen molar-refractivity contribution in [2.24, 2.45) is 0 Å². The molecule has 0 bridgehead atoms. The van der Waals surface area contributed by atoms with Crippen molar-refractivity contribution in [3.05, 3.63) is 65.5 Å². The van der Waals surface area contributed by atoms with Gasteiger partial charge in [0.15, 0.2) is 0 Å². The second-order valence-electron chi connectivity index (χ2n) is 4.17. The monoisotopic (exact) mass is 226 g/mol. The third-order valence-electron chi connectivity index (χ3n) is 2.86. The highest BCUT2D eigenvalue weighted by atomic mass is 14.9. The zero-order chi connectivity index (χ0) is 11.9. The van der Waals surface area contributed by atoms with E-state index < -0.39 is 0 Å². The minimum atomic E-state index is 0.930. The predicted molar refractivity (Wildman–Crippen MR) is 70.8 cm³/mol. The molecule has 0 spiro atoms. The molecule has 0 amide bonds. The van der Waals surface area contributed by atoms with Gasteiger partial charge in [-0.15, -0.1) is 0 Å². The summed E-state index contributed by atoms with van der Waals surface area (Å²) in [5.41, 5.74) is 3.86. The first-order valence-corrected chi connectivity index (χ1v) is 6.01. The van der Waals surface area contributed by atoms with Crippen LogP contribution in [0.15, 0.2) is 48.7 Å². The lowest BCUT2D eigenvalue weighted by molar-refractivity contribution is 0.678. The van der Waals surface area contributed by atoms with E-state index >= 15 is 0 Å². The van der Waals surface area contributed by atoms with Crippen LogP contribution in [0.1, 0.15) is 16.8 Å². The minimum absolute atomic E-state index is 0.930. The smallest absolute Gasteiger partial charge is 0.0416 e. The molecule has 2 rings (SSSR count). The maximum absolute atomic E-state index is 4.30. The van der Waals surface area contributed by atoms with Crippen molar-refractivity contribution in [1.29, 1.82) is 0 Å². The zero-order valence-electron chi connectivity index (χ0n) is 10.2. The average molecular weight is 226 g/mol. The van der Waals surface area contributed by atoms with E-state index in [4.69, 9.17) is 0 Å². The van der Waals surface area contributed by atoms with Crippen LogP contribution in [0.4, 0.5) is 0 Å². The maximum atomic E-state index is 4.30. The van der Waals surface area contributed by atoms with Gasteiger partial charge in [-0.05, 0) is 30.2 Å². The zero-order valence-corrected chi connectivity index (χ0v) is 10.2. The fraction of sp³-hybridized carbons (Fsp3) is 0.267. The molecule has 1 N–H and O–H groups in total. The molecule has 2 nitrogen and oxygen atoms in total. The molecular weight excluding hydrogens is 208 g/mol. The second kappa shape index (κ2) is 6.16. The van der Waals surface area contributed by atoms with E-state index in [0.717, 1.165) is 25.2 Å². The summed E-state index contributed by atoms with van der Waals surface area (Å²) < 4.78 is 0. The molecule has 0 radical (unpaired) electrons. The third-order valence-corrected chi connectivity index (χ3v) is 2.86. The normalized spacial score (nSPS) is 10.4. The first-order chi connectivity index (χ1) is 8.36. The van der Waals surface area contributed by atoms with Crippen LogP contribution in [-0.2, 0) is 13.0 Å². The van der Waals surface area contributed by atoms with Crippen molar-refractivity contribution < 1.29 is 0 Å². The number of nitrogens with one attached hydrogen (secondary N) is 1. The van der Waals surface area contributed by atoms with Crippen LogP contribution in [0.3, 0.4) is 0 Å². The van der Waals surface area contributed by atoms with Crippen molar-refractivity contribution >= 4 is 0 Å². The average Bonchev–Trinajstić information content (AvgIpc) is 2.38. The standard InChI is InChI=1S/C15H18N2/c1-13-6-2-3-7-14(13)12-16-11-9-15-8-4-5-10-17-15/h2-8,10,16H,9,11-12H2,1H3. The van der Waals surface area contributed by atoms with Crippen molar-refractivity contribution in [3.63, 3.8) is 0 Å². The lowest BCUT2D eigenvalue weighted by atomic mass is 10.1. The number of rotatable bonds is 5. The minimum Gasteiger partial charge on any atom is -0.312 e. The molecule has 88 valence electrons.